The van der Waals surface area contributed by atoms with Gasteiger partial charge in [0.05, 0.1) is 12.5 Å². The van der Waals surface area contributed by atoms with Gasteiger partial charge in [-0.3, -0.25) is 0 Å². The fourth-order valence-corrected chi connectivity index (χ4v) is 4.00. The van der Waals surface area contributed by atoms with E-state index in [1.54, 1.807) is 0 Å². The number of nitrogens with zero attached hydrogens (tertiary/aromatic N) is 1. The third kappa shape index (κ3) is 6.38. The summed E-state index contributed by atoms with van der Waals surface area (Å²) < 4.78 is 0. The monoisotopic (exact) mass is 311 g/mol. The zero-order valence-electron chi connectivity index (χ0n) is 14.9. The van der Waals surface area contributed by atoms with Gasteiger partial charge in [0.1, 0.15) is 0 Å². The van der Waals surface area contributed by atoms with E-state index in [-0.39, 0.29) is 0 Å². The van der Waals surface area contributed by atoms with Crippen molar-refractivity contribution in [3.63, 3.8) is 0 Å². The van der Waals surface area contributed by atoms with Gasteiger partial charge in [-0.2, -0.15) is 5.26 Å². The van der Waals surface area contributed by atoms with Crippen LogP contribution in [0.3, 0.4) is 0 Å². The van der Waals surface area contributed by atoms with Crippen molar-refractivity contribution in [2.45, 2.75) is 89.9 Å². The molecule has 1 heteroatoms. The van der Waals surface area contributed by atoms with Crippen molar-refractivity contribution in [2.75, 3.05) is 0 Å². The van der Waals surface area contributed by atoms with Crippen molar-refractivity contribution in [1.82, 2.24) is 0 Å². The van der Waals surface area contributed by atoms with Crippen molar-refractivity contribution in [1.29, 1.82) is 5.26 Å². The largest absolute Gasteiger partial charge is 0.198 e. The summed E-state index contributed by atoms with van der Waals surface area (Å²) in [6.07, 6.45) is 16.1. The Kier molecular flexibility index (Phi) is 8.23. The van der Waals surface area contributed by atoms with Gasteiger partial charge < -0.3 is 0 Å². The molecule has 0 amide bonds. The lowest BCUT2D eigenvalue weighted by atomic mass is 9.77. The highest BCUT2D eigenvalue weighted by atomic mass is 14.3. The van der Waals surface area contributed by atoms with Crippen molar-refractivity contribution in [3.05, 3.63) is 35.4 Å². The summed E-state index contributed by atoms with van der Waals surface area (Å²) in [5.74, 6) is 1.74. The van der Waals surface area contributed by atoms with Crippen molar-refractivity contribution >= 4 is 0 Å². The van der Waals surface area contributed by atoms with Crippen LogP contribution in [0.15, 0.2) is 24.3 Å². The second kappa shape index (κ2) is 10.5. The summed E-state index contributed by atoms with van der Waals surface area (Å²) in [6, 6.07) is 11.0. The Balaban J connectivity index is 1.64. The van der Waals surface area contributed by atoms with Crippen LogP contribution in [0.1, 0.15) is 94.6 Å². The first-order valence-electron chi connectivity index (χ1n) is 9.79. The van der Waals surface area contributed by atoms with Gasteiger partial charge in [0, 0.05) is 0 Å². The first kappa shape index (κ1) is 18.1. The molecule has 0 bridgehead atoms. The number of hydrogen-bond acceptors (Lipinski definition) is 1. The van der Waals surface area contributed by atoms with Crippen LogP contribution in [0.2, 0.25) is 0 Å². The number of unbranched alkanes of at least 4 members (excludes halogenated alkanes) is 5. The SMILES string of the molecule is CCCCCCCC[C@H]1CC[C@H](c2ccc(CC#N)cc2)CC1. The van der Waals surface area contributed by atoms with Gasteiger partial charge in [-0.25, -0.2) is 0 Å². The van der Waals surface area contributed by atoms with Crippen molar-refractivity contribution in [2.24, 2.45) is 5.92 Å². The third-order valence-electron chi connectivity index (χ3n) is 5.55. The molecule has 1 saturated carbocycles. The first-order chi connectivity index (χ1) is 11.3. The van der Waals surface area contributed by atoms with Gasteiger partial charge in [0.2, 0.25) is 0 Å². The van der Waals surface area contributed by atoms with Gasteiger partial charge in [-0.05, 0) is 48.6 Å². The maximum Gasteiger partial charge on any atom is 0.0669 e. The molecule has 1 fully saturated rings. The van der Waals surface area contributed by atoms with Crippen LogP contribution in [-0.4, -0.2) is 0 Å². The molecule has 23 heavy (non-hydrogen) atoms. The molecule has 0 saturated heterocycles. The zero-order chi connectivity index (χ0) is 16.3. The van der Waals surface area contributed by atoms with Crippen LogP contribution >= 0.6 is 0 Å². The molecule has 1 aliphatic carbocycles. The van der Waals surface area contributed by atoms with Crippen LogP contribution < -0.4 is 0 Å². The fraction of sp³-hybridized carbons (Fsp3) is 0.682. The van der Waals surface area contributed by atoms with E-state index in [4.69, 9.17) is 5.26 Å². The molecule has 2 rings (SSSR count). The van der Waals surface area contributed by atoms with Gasteiger partial charge in [-0.1, -0.05) is 76.1 Å². The summed E-state index contributed by atoms with van der Waals surface area (Å²) in [6.45, 7) is 2.29. The van der Waals surface area contributed by atoms with Crippen LogP contribution in [0.5, 0.6) is 0 Å². The number of rotatable bonds is 9. The quantitative estimate of drug-likeness (QED) is 0.461. The topological polar surface area (TPSA) is 23.8 Å². The van der Waals surface area contributed by atoms with E-state index in [1.807, 2.05) is 0 Å². The van der Waals surface area contributed by atoms with Gasteiger partial charge in [0.15, 0.2) is 0 Å². The Morgan fingerprint density at radius 1 is 0.913 bits per heavy atom. The molecule has 0 aliphatic heterocycles. The molecular weight excluding hydrogens is 278 g/mol. The molecule has 0 unspecified atom stereocenters. The molecule has 1 aromatic carbocycles. The molecule has 1 nitrogen and oxygen atoms in total. The Bertz CT molecular complexity index is 460. The average molecular weight is 312 g/mol. The van der Waals surface area contributed by atoms with E-state index in [0.717, 1.165) is 17.4 Å². The maximum absolute atomic E-state index is 8.75. The van der Waals surface area contributed by atoms with Crippen LogP contribution in [0, 0.1) is 17.2 Å². The van der Waals surface area contributed by atoms with Gasteiger partial charge >= 0.3 is 0 Å². The molecular formula is C22H33N. The molecule has 1 aliphatic rings. The molecule has 0 spiro atoms. The molecule has 0 aromatic heterocycles. The van der Waals surface area contributed by atoms with E-state index >= 15 is 0 Å². The molecule has 0 heterocycles. The van der Waals surface area contributed by atoms with Gasteiger partial charge in [0.25, 0.3) is 0 Å². The van der Waals surface area contributed by atoms with Gasteiger partial charge in [-0.15, -0.1) is 0 Å². The number of hydrogen-bond donors (Lipinski definition) is 0. The van der Waals surface area contributed by atoms with E-state index in [2.05, 4.69) is 37.3 Å². The standard InChI is InChI=1S/C22H33N/c1-2-3-4-5-6-7-8-19-9-13-21(14-10-19)22-15-11-20(12-16-22)17-18-23/h11-12,15-16,19,21H,2-10,13-14,17H2,1H3/t19-,21-. The normalized spacial score (nSPS) is 21.0. The molecule has 126 valence electrons. The summed E-state index contributed by atoms with van der Waals surface area (Å²) in [5, 5.41) is 8.75. The lowest BCUT2D eigenvalue weighted by Crippen LogP contribution is -2.13. The molecule has 0 N–H and O–H groups in total. The Morgan fingerprint density at radius 2 is 1.57 bits per heavy atom. The Morgan fingerprint density at radius 3 is 2.22 bits per heavy atom. The van der Waals surface area contributed by atoms with E-state index < -0.39 is 0 Å². The maximum atomic E-state index is 8.75. The van der Waals surface area contributed by atoms with Crippen LogP contribution in [0.4, 0.5) is 0 Å². The Hall–Kier alpha value is -1.29. The van der Waals surface area contributed by atoms with E-state index in [9.17, 15) is 0 Å². The lowest BCUT2D eigenvalue weighted by molar-refractivity contribution is 0.302. The highest BCUT2D eigenvalue weighted by Crippen LogP contribution is 2.37. The lowest BCUT2D eigenvalue weighted by Gasteiger charge is -2.29. The molecule has 0 radical (unpaired) electrons. The van der Waals surface area contributed by atoms with Crippen molar-refractivity contribution in [3.8, 4) is 6.07 Å². The fourth-order valence-electron chi connectivity index (χ4n) is 4.00. The Labute approximate surface area is 143 Å². The van der Waals surface area contributed by atoms with Crippen molar-refractivity contribution < 1.29 is 0 Å². The summed E-state index contributed by atoms with van der Waals surface area (Å²) in [4.78, 5) is 0. The first-order valence-corrected chi connectivity index (χ1v) is 9.79. The predicted octanol–water partition coefficient (Wildman–Crippen LogP) is 6.78. The number of benzene rings is 1. The van der Waals surface area contributed by atoms with Crippen LogP contribution in [0.25, 0.3) is 0 Å². The smallest absolute Gasteiger partial charge is 0.0669 e. The summed E-state index contributed by atoms with van der Waals surface area (Å²) >= 11 is 0. The summed E-state index contributed by atoms with van der Waals surface area (Å²) in [5.41, 5.74) is 2.64. The third-order valence-corrected chi connectivity index (χ3v) is 5.55. The van der Waals surface area contributed by atoms with Crippen LogP contribution in [-0.2, 0) is 6.42 Å². The minimum atomic E-state index is 0.533. The second-order valence-corrected chi connectivity index (χ2v) is 7.35. The zero-order valence-corrected chi connectivity index (χ0v) is 14.9. The number of nitriles is 1. The molecule has 1 aromatic rings. The van der Waals surface area contributed by atoms with E-state index in [0.29, 0.717) is 6.42 Å². The molecule has 0 atom stereocenters. The highest BCUT2D eigenvalue weighted by Gasteiger charge is 2.21. The predicted molar refractivity (Wildman–Crippen MR) is 98.5 cm³/mol. The highest BCUT2D eigenvalue weighted by molar-refractivity contribution is 5.27. The van der Waals surface area contributed by atoms with E-state index in [1.165, 1.54) is 76.2 Å². The minimum Gasteiger partial charge on any atom is -0.198 e. The minimum absolute atomic E-state index is 0.533. The second-order valence-electron chi connectivity index (χ2n) is 7.35. The summed E-state index contributed by atoms with van der Waals surface area (Å²) in [7, 11) is 0. The average Bonchev–Trinajstić information content (AvgIpc) is 2.60.